The van der Waals surface area contributed by atoms with Crippen molar-refractivity contribution in [2.24, 2.45) is 5.92 Å². The van der Waals surface area contributed by atoms with Gasteiger partial charge in [0.05, 0.1) is 11.7 Å². The SMILES string of the molecule is c1cc(CNc2nnc(CC3CCCC3)o2)c2[nH]ncc2c1. The van der Waals surface area contributed by atoms with Gasteiger partial charge in [0, 0.05) is 18.4 Å². The van der Waals surface area contributed by atoms with Crippen molar-refractivity contribution < 1.29 is 4.42 Å². The normalized spacial score (nSPS) is 15.6. The topological polar surface area (TPSA) is 79.6 Å². The molecule has 2 N–H and O–H groups in total. The number of benzene rings is 1. The third kappa shape index (κ3) is 2.68. The highest BCUT2D eigenvalue weighted by molar-refractivity contribution is 5.81. The van der Waals surface area contributed by atoms with Crippen LogP contribution < -0.4 is 5.32 Å². The molecule has 1 fully saturated rings. The zero-order chi connectivity index (χ0) is 14.8. The minimum absolute atomic E-state index is 0.490. The minimum Gasteiger partial charge on any atom is -0.408 e. The summed E-state index contributed by atoms with van der Waals surface area (Å²) in [6.45, 7) is 0.630. The quantitative estimate of drug-likeness (QED) is 0.755. The van der Waals surface area contributed by atoms with Crippen LogP contribution in [0, 0.1) is 5.92 Å². The Morgan fingerprint density at radius 2 is 2.14 bits per heavy atom. The molecule has 6 nitrogen and oxygen atoms in total. The molecule has 2 heterocycles. The van der Waals surface area contributed by atoms with Crippen molar-refractivity contribution in [2.75, 3.05) is 5.32 Å². The lowest BCUT2D eigenvalue weighted by Gasteiger charge is -2.04. The number of H-pyrrole nitrogens is 1. The molecule has 0 aliphatic heterocycles. The van der Waals surface area contributed by atoms with Crippen molar-refractivity contribution in [1.29, 1.82) is 0 Å². The number of nitrogens with one attached hydrogen (secondary N) is 2. The predicted molar refractivity (Wildman–Crippen MR) is 83.4 cm³/mol. The van der Waals surface area contributed by atoms with Gasteiger partial charge in [0.25, 0.3) is 0 Å². The molecule has 0 saturated heterocycles. The van der Waals surface area contributed by atoms with Crippen LogP contribution in [0.5, 0.6) is 0 Å². The highest BCUT2D eigenvalue weighted by Gasteiger charge is 2.18. The highest BCUT2D eigenvalue weighted by atomic mass is 16.4. The summed E-state index contributed by atoms with van der Waals surface area (Å²) in [5.74, 6) is 1.46. The first-order valence-corrected chi connectivity index (χ1v) is 7.86. The second-order valence-electron chi connectivity index (χ2n) is 5.96. The van der Waals surface area contributed by atoms with Crippen LogP contribution in [0.2, 0.25) is 0 Å². The first-order valence-electron chi connectivity index (χ1n) is 7.86. The Bertz CT molecular complexity index is 757. The fourth-order valence-electron chi connectivity index (χ4n) is 3.22. The Morgan fingerprint density at radius 1 is 1.23 bits per heavy atom. The molecule has 0 spiro atoms. The molecule has 0 bridgehead atoms. The highest BCUT2D eigenvalue weighted by Crippen LogP contribution is 2.28. The minimum atomic E-state index is 0.490. The molecule has 2 aromatic heterocycles. The lowest BCUT2D eigenvalue weighted by atomic mass is 10.0. The van der Waals surface area contributed by atoms with Gasteiger partial charge >= 0.3 is 6.01 Å². The maximum Gasteiger partial charge on any atom is 0.315 e. The number of hydrogen-bond donors (Lipinski definition) is 2. The van der Waals surface area contributed by atoms with Crippen LogP contribution in [-0.4, -0.2) is 20.4 Å². The standard InChI is InChI=1S/C16H19N5O/c1-2-5-11(4-1)8-14-19-21-16(22-14)17-9-12-6-3-7-13-10-18-20-15(12)13/h3,6-7,10-11H,1-2,4-5,8-9H2,(H,17,21)(H,18,20). The van der Waals surface area contributed by atoms with Crippen molar-refractivity contribution >= 4 is 16.9 Å². The smallest absolute Gasteiger partial charge is 0.315 e. The number of para-hydroxylation sites is 1. The van der Waals surface area contributed by atoms with E-state index >= 15 is 0 Å². The van der Waals surface area contributed by atoms with Crippen LogP contribution in [0.25, 0.3) is 10.9 Å². The van der Waals surface area contributed by atoms with E-state index in [4.69, 9.17) is 4.42 Å². The van der Waals surface area contributed by atoms with Gasteiger partial charge in [0.1, 0.15) is 0 Å². The van der Waals surface area contributed by atoms with Crippen LogP contribution in [-0.2, 0) is 13.0 Å². The second-order valence-corrected chi connectivity index (χ2v) is 5.96. The molecule has 3 aromatic rings. The summed E-state index contributed by atoms with van der Waals surface area (Å²) in [4.78, 5) is 0. The number of nitrogens with zero attached hydrogens (tertiary/aromatic N) is 3. The molecular formula is C16H19N5O. The maximum absolute atomic E-state index is 5.70. The van der Waals surface area contributed by atoms with Gasteiger partial charge in [-0.15, -0.1) is 5.10 Å². The van der Waals surface area contributed by atoms with Crippen molar-refractivity contribution in [3.8, 4) is 0 Å². The molecule has 0 radical (unpaired) electrons. The summed E-state index contributed by atoms with van der Waals surface area (Å²) in [5, 5.41) is 19.6. The van der Waals surface area contributed by atoms with Gasteiger partial charge in [-0.1, -0.05) is 36.1 Å². The van der Waals surface area contributed by atoms with E-state index in [1.165, 1.54) is 25.7 Å². The lowest BCUT2D eigenvalue weighted by Crippen LogP contribution is -2.00. The average molecular weight is 297 g/mol. The van der Waals surface area contributed by atoms with Crippen molar-refractivity contribution in [1.82, 2.24) is 20.4 Å². The molecule has 4 rings (SSSR count). The summed E-state index contributed by atoms with van der Waals surface area (Å²) < 4.78 is 5.70. The Hall–Kier alpha value is -2.37. The van der Waals surface area contributed by atoms with Gasteiger partial charge in [-0.3, -0.25) is 5.10 Å². The molecule has 0 unspecified atom stereocenters. The number of fused-ring (bicyclic) bond motifs is 1. The molecule has 1 saturated carbocycles. The molecule has 1 aliphatic rings. The largest absolute Gasteiger partial charge is 0.408 e. The van der Waals surface area contributed by atoms with Gasteiger partial charge < -0.3 is 9.73 Å². The van der Waals surface area contributed by atoms with Crippen molar-refractivity contribution in [3.63, 3.8) is 0 Å². The van der Waals surface area contributed by atoms with E-state index in [0.717, 1.165) is 28.8 Å². The fraction of sp³-hybridized carbons (Fsp3) is 0.438. The van der Waals surface area contributed by atoms with Crippen LogP contribution in [0.3, 0.4) is 0 Å². The van der Waals surface area contributed by atoms with E-state index in [0.29, 0.717) is 18.5 Å². The monoisotopic (exact) mass is 297 g/mol. The first kappa shape index (κ1) is 13.3. The summed E-state index contributed by atoms with van der Waals surface area (Å²) in [5.41, 5.74) is 2.17. The van der Waals surface area contributed by atoms with Gasteiger partial charge in [0.15, 0.2) is 0 Å². The lowest BCUT2D eigenvalue weighted by molar-refractivity contribution is 0.437. The van der Waals surface area contributed by atoms with Crippen LogP contribution >= 0.6 is 0 Å². The van der Waals surface area contributed by atoms with Crippen molar-refractivity contribution in [3.05, 3.63) is 35.9 Å². The predicted octanol–water partition coefficient (Wildman–Crippen LogP) is 3.29. The van der Waals surface area contributed by atoms with Gasteiger partial charge in [-0.2, -0.15) is 5.10 Å². The molecule has 0 amide bonds. The zero-order valence-electron chi connectivity index (χ0n) is 12.4. The number of rotatable bonds is 5. The third-order valence-electron chi connectivity index (χ3n) is 4.40. The second kappa shape index (κ2) is 5.79. The molecule has 114 valence electrons. The fourth-order valence-corrected chi connectivity index (χ4v) is 3.22. The van der Waals surface area contributed by atoms with Gasteiger partial charge in [0.2, 0.25) is 5.89 Å². The maximum atomic E-state index is 5.70. The Balaban J connectivity index is 1.41. The van der Waals surface area contributed by atoms with Crippen LogP contribution in [0.4, 0.5) is 6.01 Å². The molecule has 1 aliphatic carbocycles. The number of anilines is 1. The van der Waals surface area contributed by atoms with Crippen molar-refractivity contribution in [2.45, 2.75) is 38.6 Å². The summed E-state index contributed by atoms with van der Waals surface area (Å²) in [6.07, 6.45) is 7.96. The zero-order valence-corrected chi connectivity index (χ0v) is 12.4. The molecule has 22 heavy (non-hydrogen) atoms. The van der Waals surface area contributed by atoms with Crippen LogP contribution in [0.1, 0.15) is 37.1 Å². The molecular weight excluding hydrogens is 278 g/mol. The Morgan fingerprint density at radius 3 is 3.05 bits per heavy atom. The van der Waals surface area contributed by atoms with Crippen LogP contribution in [0.15, 0.2) is 28.8 Å². The summed E-state index contributed by atoms with van der Waals surface area (Å²) >= 11 is 0. The number of hydrogen-bond acceptors (Lipinski definition) is 5. The molecule has 1 aromatic carbocycles. The molecule has 0 atom stereocenters. The molecule has 6 heteroatoms. The van der Waals surface area contributed by atoms with E-state index in [-0.39, 0.29) is 0 Å². The van der Waals surface area contributed by atoms with E-state index in [1.54, 1.807) is 0 Å². The average Bonchev–Trinajstić information content (AvgIpc) is 3.27. The Kier molecular flexibility index (Phi) is 3.50. The van der Waals surface area contributed by atoms with Gasteiger partial charge in [-0.25, -0.2) is 0 Å². The van der Waals surface area contributed by atoms with E-state index < -0.39 is 0 Å². The van der Waals surface area contributed by atoms with Gasteiger partial charge in [-0.05, 0) is 24.3 Å². The van der Waals surface area contributed by atoms with E-state index in [9.17, 15) is 0 Å². The van der Waals surface area contributed by atoms with E-state index in [2.05, 4.69) is 31.8 Å². The third-order valence-corrected chi connectivity index (χ3v) is 4.40. The summed E-state index contributed by atoms with van der Waals surface area (Å²) in [6, 6.07) is 6.61. The van der Waals surface area contributed by atoms with E-state index in [1.807, 2.05) is 18.3 Å². The first-order chi connectivity index (χ1) is 10.9. The number of aromatic nitrogens is 4. The summed E-state index contributed by atoms with van der Waals surface area (Å²) in [7, 11) is 0. The number of aromatic amines is 1. The Labute approximate surface area is 128 Å².